The molecule has 6 rings (SSSR count). The zero-order valence-corrected chi connectivity index (χ0v) is 32.2. The molecule has 3 aliphatic carbocycles. The number of alkyl carbamates (subject to hydrolysis) is 1. The van der Waals surface area contributed by atoms with Gasteiger partial charge in [-0.15, -0.1) is 6.58 Å². The number of sulfonamides is 1. The van der Waals surface area contributed by atoms with Gasteiger partial charge in [0.05, 0.1) is 11.9 Å². The van der Waals surface area contributed by atoms with Crippen molar-refractivity contribution >= 4 is 62.1 Å². The van der Waals surface area contributed by atoms with Crippen molar-refractivity contribution in [2.75, 3.05) is 18.1 Å². The number of halogens is 1. The van der Waals surface area contributed by atoms with Crippen LogP contribution in [0.5, 0.6) is 0 Å². The van der Waals surface area contributed by atoms with Gasteiger partial charge in [0.25, 0.3) is 5.91 Å². The van der Waals surface area contributed by atoms with Crippen molar-refractivity contribution < 1.29 is 32.3 Å². The number of rotatable bonds is 11. The van der Waals surface area contributed by atoms with Crippen LogP contribution >= 0.6 is 22.6 Å². The van der Waals surface area contributed by atoms with Gasteiger partial charge in [-0.1, -0.05) is 57.2 Å². The van der Waals surface area contributed by atoms with Gasteiger partial charge in [0.2, 0.25) is 21.8 Å². The number of hydrogen-bond acceptors (Lipinski definition) is 8. The minimum atomic E-state index is -3.87. The molecule has 1 saturated heterocycles. The smallest absolute Gasteiger partial charge is 0.408 e. The summed E-state index contributed by atoms with van der Waals surface area (Å²) in [5, 5.41) is 5.01. The van der Waals surface area contributed by atoms with Crippen LogP contribution < -0.4 is 20.3 Å². The lowest BCUT2D eigenvalue weighted by molar-refractivity contribution is -0.142. The molecule has 51 heavy (non-hydrogen) atoms. The molecule has 3 saturated carbocycles. The van der Waals surface area contributed by atoms with Gasteiger partial charge in [-0.2, -0.15) is 0 Å². The monoisotopic (exact) mass is 831 g/mol. The summed E-state index contributed by atoms with van der Waals surface area (Å²) < 4.78 is 34.3. The Balaban J connectivity index is 1.27. The van der Waals surface area contributed by atoms with Crippen LogP contribution in [0.1, 0.15) is 65.7 Å². The highest BCUT2D eigenvalue weighted by Gasteiger charge is 2.62. The fourth-order valence-electron chi connectivity index (χ4n) is 6.97. The predicted molar refractivity (Wildman–Crippen MR) is 202 cm³/mol. The molecule has 1 heterocycles. The van der Waals surface area contributed by atoms with Crippen molar-refractivity contribution in [2.24, 2.45) is 11.3 Å². The SMILES string of the molecule is C=C[C@@H]1C[C@]1(NC(=O)[C@@H]1CN(c2ccc(-c3ccccc3I)cc2)CN1C(=O)C(NC(=O)OC1CCCC1)C(C)(C)C)C(=O)NS(=O)(=O)C1CC1. The van der Waals surface area contributed by atoms with E-state index in [0.29, 0.717) is 12.8 Å². The molecule has 4 aliphatic rings. The van der Waals surface area contributed by atoms with Gasteiger partial charge in [0.15, 0.2) is 0 Å². The van der Waals surface area contributed by atoms with Crippen LogP contribution in [0, 0.1) is 14.9 Å². The molecule has 3 N–H and O–H groups in total. The number of nitrogens with zero attached hydrogens (tertiary/aromatic N) is 2. The van der Waals surface area contributed by atoms with E-state index in [-0.39, 0.29) is 25.7 Å². The van der Waals surface area contributed by atoms with Crippen molar-refractivity contribution in [3.8, 4) is 11.1 Å². The fraction of sp³-hybridized carbons (Fsp3) is 0.514. The van der Waals surface area contributed by atoms with E-state index < -0.39 is 68.0 Å². The lowest BCUT2D eigenvalue weighted by atomic mass is 9.85. The lowest BCUT2D eigenvalue weighted by Gasteiger charge is -2.35. The van der Waals surface area contributed by atoms with Gasteiger partial charge in [-0.3, -0.25) is 19.1 Å². The molecule has 0 bridgehead atoms. The molecule has 0 radical (unpaired) electrons. The molecule has 4 fully saturated rings. The molecule has 12 nitrogen and oxygen atoms in total. The van der Waals surface area contributed by atoms with E-state index in [0.717, 1.165) is 46.1 Å². The molecule has 1 unspecified atom stereocenters. The molecule has 0 aromatic heterocycles. The van der Waals surface area contributed by atoms with Gasteiger partial charge in [0.1, 0.15) is 23.7 Å². The third-order valence-corrected chi connectivity index (χ3v) is 13.1. The van der Waals surface area contributed by atoms with Crippen LogP contribution in [0.4, 0.5) is 10.5 Å². The van der Waals surface area contributed by atoms with Crippen molar-refractivity contribution in [3.05, 3.63) is 64.8 Å². The van der Waals surface area contributed by atoms with E-state index in [1.54, 1.807) is 0 Å². The van der Waals surface area contributed by atoms with E-state index in [1.807, 2.05) is 74.2 Å². The summed E-state index contributed by atoms with van der Waals surface area (Å²) in [6, 6.07) is 13.8. The van der Waals surface area contributed by atoms with E-state index in [1.165, 1.54) is 11.0 Å². The second-order valence-electron chi connectivity index (χ2n) is 15.2. The Hall–Kier alpha value is -3.66. The Bertz CT molecular complexity index is 1800. The number of carbonyl (C=O) groups is 4. The first-order chi connectivity index (χ1) is 24.1. The molecule has 0 spiro atoms. The largest absolute Gasteiger partial charge is 0.446 e. The Morgan fingerprint density at radius 1 is 1.02 bits per heavy atom. The predicted octanol–water partition coefficient (Wildman–Crippen LogP) is 4.69. The molecule has 4 atom stereocenters. The van der Waals surface area contributed by atoms with Gasteiger partial charge < -0.3 is 25.2 Å². The van der Waals surface area contributed by atoms with Crippen LogP contribution in [0.15, 0.2) is 61.2 Å². The Morgan fingerprint density at radius 2 is 1.69 bits per heavy atom. The molecule has 2 aromatic rings. The molecule has 1 aliphatic heterocycles. The maximum absolute atomic E-state index is 14.5. The number of anilines is 1. The summed E-state index contributed by atoms with van der Waals surface area (Å²) in [5.74, 6) is -2.38. The van der Waals surface area contributed by atoms with Crippen molar-refractivity contribution in [1.82, 2.24) is 20.3 Å². The number of benzene rings is 2. The maximum atomic E-state index is 14.5. The summed E-state index contributed by atoms with van der Waals surface area (Å²) in [6.07, 6.45) is 5.27. The topological polar surface area (TPSA) is 154 Å². The van der Waals surface area contributed by atoms with Gasteiger partial charge >= 0.3 is 6.09 Å². The van der Waals surface area contributed by atoms with Crippen LogP contribution in [0.25, 0.3) is 11.1 Å². The Kier molecular flexibility index (Phi) is 10.5. The normalized spacial score (nSPS) is 24.1. The molecular weight excluding hydrogens is 785 g/mol. The number of amides is 4. The summed E-state index contributed by atoms with van der Waals surface area (Å²) in [4.78, 5) is 58.6. The van der Waals surface area contributed by atoms with Crippen molar-refractivity contribution in [1.29, 1.82) is 0 Å². The molecule has 274 valence electrons. The van der Waals surface area contributed by atoms with Gasteiger partial charge in [-0.05, 0) is 102 Å². The fourth-order valence-corrected chi connectivity index (χ4v) is 9.04. The Morgan fingerprint density at radius 3 is 2.27 bits per heavy atom. The summed E-state index contributed by atoms with van der Waals surface area (Å²) in [6.45, 7) is 9.41. The lowest BCUT2D eigenvalue weighted by Crippen LogP contribution is -2.60. The first-order valence-corrected chi connectivity index (χ1v) is 20.1. The second-order valence-corrected chi connectivity index (χ2v) is 18.3. The zero-order valence-electron chi connectivity index (χ0n) is 29.2. The highest BCUT2D eigenvalue weighted by atomic mass is 127. The number of hydrogen-bond donors (Lipinski definition) is 3. The third kappa shape index (κ3) is 8.06. The van der Waals surface area contributed by atoms with E-state index >= 15 is 0 Å². The van der Waals surface area contributed by atoms with Gasteiger partial charge in [0, 0.05) is 21.7 Å². The summed E-state index contributed by atoms with van der Waals surface area (Å²) in [5.41, 5.74) is 0.609. The van der Waals surface area contributed by atoms with Crippen LogP contribution in [-0.4, -0.2) is 79.3 Å². The number of carbonyl (C=O) groups excluding carboxylic acids is 4. The zero-order chi connectivity index (χ0) is 36.7. The van der Waals surface area contributed by atoms with Crippen LogP contribution in [0.3, 0.4) is 0 Å². The quantitative estimate of drug-likeness (QED) is 0.218. The van der Waals surface area contributed by atoms with E-state index in [9.17, 15) is 27.6 Å². The average Bonchev–Trinajstić information content (AvgIpc) is 3.96. The molecule has 2 aromatic carbocycles. The number of nitrogens with one attached hydrogen (secondary N) is 3. The second kappa shape index (κ2) is 14.4. The summed E-state index contributed by atoms with van der Waals surface area (Å²) in [7, 11) is -3.87. The van der Waals surface area contributed by atoms with E-state index in [4.69, 9.17) is 4.74 Å². The first-order valence-electron chi connectivity index (χ1n) is 17.5. The minimum Gasteiger partial charge on any atom is -0.446 e. The summed E-state index contributed by atoms with van der Waals surface area (Å²) >= 11 is 2.30. The molecule has 14 heteroatoms. The minimum absolute atomic E-state index is 0.0329. The third-order valence-electron chi connectivity index (χ3n) is 10.3. The van der Waals surface area contributed by atoms with Crippen molar-refractivity contribution in [2.45, 2.75) is 94.7 Å². The average molecular weight is 832 g/mol. The van der Waals surface area contributed by atoms with Gasteiger partial charge in [-0.25, -0.2) is 13.2 Å². The highest BCUT2D eigenvalue weighted by Crippen LogP contribution is 2.45. The van der Waals surface area contributed by atoms with Crippen molar-refractivity contribution in [3.63, 3.8) is 0 Å². The first kappa shape index (κ1) is 37.1. The maximum Gasteiger partial charge on any atom is 0.408 e. The van der Waals surface area contributed by atoms with E-state index in [2.05, 4.69) is 44.5 Å². The van der Waals surface area contributed by atoms with Crippen LogP contribution in [0.2, 0.25) is 0 Å². The van der Waals surface area contributed by atoms with Crippen LogP contribution in [-0.2, 0) is 29.1 Å². The molecular formula is C37H46IN5O7S. The molecule has 4 amide bonds. The standard InChI is InChI=1S/C37H46IN5O7S/c1-5-24-20-37(24,34(46)41-51(48,49)27-18-19-27)40-32(44)30-21-42(25-16-14-23(15-17-25)28-12-8-9-13-29(28)38)22-43(30)33(45)31(36(2,3)4)39-35(47)50-26-10-6-7-11-26/h5,8-9,12-17,24,26-27,30-31H,1,6-7,10-11,18-22H2,2-4H3,(H,39,47)(H,40,44)(H,41,46)/t24-,30+,31?,37-/m1/s1. The number of ether oxygens (including phenoxy) is 1. The highest BCUT2D eigenvalue weighted by molar-refractivity contribution is 14.1. The Labute approximate surface area is 313 Å².